The summed E-state index contributed by atoms with van der Waals surface area (Å²) in [5, 5.41) is 3.37. The number of halogens is 2. The van der Waals surface area contributed by atoms with Crippen molar-refractivity contribution in [2.45, 2.75) is 89.3 Å². The molecule has 2 saturated heterocycles. The summed E-state index contributed by atoms with van der Waals surface area (Å²) in [7, 11) is 0. The molecule has 2 fully saturated rings. The summed E-state index contributed by atoms with van der Waals surface area (Å²) in [5.41, 5.74) is 2.59. The van der Waals surface area contributed by atoms with Gasteiger partial charge in [-0.25, -0.2) is 18.4 Å². The van der Waals surface area contributed by atoms with Gasteiger partial charge >= 0.3 is 12.2 Å². The van der Waals surface area contributed by atoms with Crippen molar-refractivity contribution in [1.82, 2.24) is 9.80 Å². The number of carbonyl (C=O) groups is 2. The summed E-state index contributed by atoms with van der Waals surface area (Å²) in [6.45, 7) is 14.5. The molecule has 1 N–H and O–H groups in total. The third-order valence-corrected chi connectivity index (χ3v) is 8.80. The Morgan fingerprint density at radius 1 is 0.773 bits per heavy atom. The highest BCUT2D eigenvalue weighted by molar-refractivity contribution is 5.85. The number of nitrogens with one attached hydrogen (secondary N) is 1. The molecule has 0 bridgehead atoms. The first kappa shape index (κ1) is 31.7. The number of benzene rings is 2. The van der Waals surface area contributed by atoms with E-state index in [4.69, 9.17) is 9.47 Å². The summed E-state index contributed by atoms with van der Waals surface area (Å²) in [6.07, 6.45) is 4.53. The van der Waals surface area contributed by atoms with Crippen LogP contribution < -0.4 is 5.32 Å². The minimum Gasteiger partial charge on any atom is -0.444 e. The molecule has 2 aromatic rings. The molecule has 0 radical (unpaired) electrons. The third kappa shape index (κ3) is 6.84. The average Bonchev–Trinajstić information content (AvgIpc) is 3.46. The smallest absolute Gasteiger partial charge is 0.410 e. The predicted octanol–water partition coefficient (Wildman–Crippen LogP) is 7.33. The van der Waals surface area contributed by atoms with Crippen molar-refractivity contribution in [3.63, 3.8) is 0 Å². The van der Waals surface area contributed by atoms with Crippen molar-refractivity contribution >= 4 is 29.8 Å². The monoisotopic (exact) mass is 610 g/mol. The quantitative estimate of drug-likeness (QED) is 0.338. The molecule has 0 saturated carbocycles. The third-order valence-electron chi connectivity index (χ3n) is 8.80. The van der Waals surface area contributed by atoms with E-state index in [1.807, 2.05) is 47.8 Å². The second-order valence-electron chi connectivity index (χ2n) is 14.3. The maximum Gasteiger partial charge on any atom is 0.410 e. The zero-order valence-corrected chi connectivity index (χ0v) is 26.6. The fourth-order valence-corrected chi connectivity index (χ4v) is 6.45. The van der Waals surface area contributed by atoms with Gasteiger partial charge in [-0.05, 0) is 115 Å². The fourth-order valence-electron chi connectivity index (χ4n) is 6.45. The van der Waals surface area contributed by atoms with Gasteiger partial charge < -0.3 is 24.6 Å². The van der Waals surface area contributed by atoms with Gasteiger partial charge in [0.15, 0.2) is 0 Å². The number of hydrogen-bond acceptors (Lipinski definition) is 6. The van der Waals surface area contributed by atoms with E-state index in [0.29, 0.717) is 26.2 Å². The highest BCUT2D eigenvalue weighted by Gasteiger charge is 2.43. The molecule has 4 aliphatic heterocycles. The molecule has 0 aliphatic carbocycles. The van der Waals surface area contributed by atoms with Gasteiger partial charge in [0.05, 0.1) is 5.69 Å². The van der Waals surface area contributed by atoms with Crippen LogP contribution in [0.25, 0.3) is 0 Å². The number of rotatable bonds is 0. The van der Waals surface area contributed by atoms with Crippen molar-refractivity contribution in [2.24, 2.45) is 4.99 Å². The topological polar surface area (TPSA) is 83.5 Å². The van der Waals surface area contributed by atoms with Crippen LogP contribution in [-0.4, -0.2) is 72.1 Å². The van der Waals surface area contributed by atoms with Crippen LogP contribution in [0.4, 0.5) is 29.7 Å². The minimum absolute atomic E-state index is 0.0596. The molecule has 4 heterocycles. The fraction of sp³-hybridized carbons (Fsp3) is 0.559. The lowest BCUT2D eigenvalue weighted by Gasteiger charge is -2.39. The molecule has 4 aliphatic rings. The van der Waals surface area contributed by atoms with Crippen LogP contribution in [0.1, 0.15) is 78.4 Å². The number of anilines is 1. The van der Waals surface area contributed by atoms with Gasteiger partial charge in [0, 0.05) is 55.5 Å². The summed E-state index contributed by atoms with van der Waals surface area (Å²) >= 11 is 0. The van der Waals surface area contributed by atoms with Crippen LogP contribution in [0.15, 0.2) is 41.4 Å². The van der Waals surface area contributed by atoms with E-state index >= 15 is 0 Å². The van der Waals surface area contributed by atoms with Gasteiger partial charge in [-0.2, -0.15) is 0 Å². The molecule has 0 unspecified atom stereocenters. The van der Waals surface area contributed by atoms with E-state index < -0.39 is 11.2 Å². The first-order valence-electron chi connectivity index (χ1n) is 15.4. The zero-order chi connectivity index (χ0) is 31.9. The molecule has 6 rings (SSSR count). The first-order valence-corrected chi connectivity index (χ1v) is 15.4. The molecule has 2 aromatic carbocycles. The predicted molar refractivity (Wildman–Crippen MR) is 167 cm³/mol. The lowest BCUT2D eigenvalue weighted by atomic mass is 9.74. The van der Waals surface area contributed by atoms with Gasteiger partial charge in [-0.3, -0.25) is 4.99 Å². The van der Waals surface area contributed by atoms with E-state index in [0.717, 1.165) is 54.7 Å². The van der Waals surface area contributed by atoms with Gasteiger partial charge in [-0.15, -0.1) is 0 Å². The van der Waals surface area contributed by atoms with Crippen LogP contribution in [0.2, 0.25) is 0 Å². The Morgan fingerprint density at radius 3 is 1.82 bits per heavy atom. The van der Waals surface area contributed by atoms with E-state index in [2.05, 4.69) is 10.3 Å². The largest absolute Gasteiger partial charge is 0.444 e. The molecular weight excluding hydrogens is 566 g/mol. The maximum atomic E-state index is 13.6. The van der Waals surface area contributed by atoms with E-state index in [1.54, 1.807) is 34.1 Å². The standard InChI is InChI=1S/C17H23FN2O2.C17H21FN2O2/c2*1-16(2,3)22-15(21)20-8-6-17(7-9-20)11-19-14-5-4-12(18)10-13(14)17/h4-5,10,19H,6-9,11H2,1-3H3;4-5,10-11H,6-9H2,1-3H3. The Bertz CT molecular complexity index is 1420. The molecule has 0 aromatic heterocycles. The molecule has 0 atom stereocenters. The van der Waals surface area contributed by atoms with E-state index in [1.165, 1.54) is 12.1 Å². The van der Waals surface area contributed by atoms with Gasteiger partial charge in [-0.1, -0.05) is 0 Å². The van der Waals surface area contributed by atoms with Gasteiger partial charge in [0.2, 0.25) is 0 Å². The highest BCUT2D eigenvalue weighted by atomic mass is 19.1. The Balaban J connectivity index is 0.000000175. The van der Waals surface area contributed by atoms with Crippen molar-refractivity contribution in [1.29, 1.82) is 0 Å². The number of piperidine rings is 2. The number of aliphatic imine (C=N–C) groups is 1. The van der Waals surface area contributed by atoms with E-state index in [9.17, 15) is 18.4 Å². The Hall–Kier alpha value is -3.69. The van der Waals surface area contributed by atoms with Crippen molar-refractivity contribution in [3.8, 4) is 0 Å². The Labute approximate surface area is 258 Å². The van der Waals surface area contributed by atoms with Gasteiger partial charge in [0.1, 0.15) is 22.8 Å². The second-order valence-corrected chi connectivity index (χ2v) is 14.3. The van der Waals surface area contributed by atoms with Crippen molar-refractivity contribution < 1.29 is 27.8 Å². The molecular formula is C34H44F2N4O4. The number of hydrogen-bond donors (Lipinski definition) is 1. The first-order chi connectivity index (χ1) is 20.6. The molecule has 8 nitrogen and oxygen atoms in total. The Morgan fingerprint density at radius 2 is 1.27 bits per heavy atom. The minimum atomic E-state index is -0.489. The number of ether oxygens (including phenoxy) is 2. The summed E-state index contributed by atoms with van der Waals surface area (Å²) < 4.78 is 38.0. The number of nitrogens with zero attached hydrogens (tertiary/aromatic N) is 3. The maximum absolute atomic E-state index is 13.6. The van der Waals surface area contributed by atoms with Crippen LogP contribution in [-0.2, 0) is 20.3 Å². The summed E-state index contributed by atoms with van der Waals surface area (Å²) in [5.74, 6) is -0.436. The number of fused-ring (bicyclic) bond motifs is 4. The number of carbonyl (C=O) groups excluding carboxylic acids is 2. The molecule has 10 heteroatoms. The summed E-state index contributed by atoms with van der Waals surface area (Å²) in [6, 6.07) is 9.66. The lowest BCUT2D eigenvalue weighted by Crippen LogP contribution is -2.47. The average molecular weight is 611 g/mol. The summed E-state index contributed by atoms with van der Waals surface area (Å²) in [4.78, 5) is 32.2. The van der Waals surface area contributed by atoms with Crippen molar-refractivity contribution in [2.75, 3.05) is 38.0 Å². The lowest BCUT2D eigenvalue weighted by molar-refractivity contribution is 0.0167. The van der Waals surface area contributed by atoms with Crippen LogP contribution in [0, 0.1) is 11.6 Å². The van der Waals surface area contributed by atoms with Crippen molar-refractivity contribution in [3.05, 3.63) is 59.2 Å². The second kappa shape index (κ2) is 11.7. The number of likely N-dealkylation sites (tertiary alicyclic amines) is 2. The van der Waals surface area contributed by atoms with Crippen LogP contribution >= 0.6 is 0 Å². The molecule has 2 amide bonds. The molecule has 238 valence electrons. The van der Waals surface area contributed by atoms with Crippen LogP contribution in [0.5, 0.6) is 0 Å². The molecule has 44 heavy (non-hydrogen) atoms. The Kier molecular flexibility index (Phi) is 8.42. The van der Waals surface area contributed by atoms with Crippen LogP contribution in [0.3, 0.4) is 0 Å². The van der Waals surface area contributed by atoms with Gasteiger partial charge in [0.25, 0.3) is 0 Å². The zero-order valence-electron chi connectivity index (χ0n) is 26.6. The van der Waals surface area contributed by atoms with E-state index in [-0.39, 0.29) is 34.7 Å². The highest BCUT2D eigenvalue weighted by Crippen LogP contribution is 2.45. The molecule has 2 spiro atoms. The number of amides is 2. The SMILES string of the molecule is CC(C)(C)OC(=O)N1CCC2(C=Nc3ccc(F)cc32)CC1.CC(C)(C)OC(=O)N1CCC2(CC1)CNc1ccc(F)cc12. The normalized spacial score (nSPS) is 19.5.